The van der Waals surface area contributed by atoms with Crippen molar-refractivity contribution in [3.8, 4) is 11.1 Å². The van der Waals surface area contributed by atoms with Gasteiger partial charge in [-0.25, -0.2) is 0 Å². The number of para-hydroxylation sites is 2. The van der Waals surface area contributed by atoms with Gasteiger partial charge in [-0.2, -0.15) is 0 Å². The first-order valence-electron chi connectivity index (χ1n) is 17.2. The molecule has 10 rings (SSSR count). The van der Waals surface area contributed by atoms with Gasteiger partial charge in [-0.1, -0.05) is 121 Å². The summed E-state index contributed by atoms with van der Waals surface area (Å²) in [6.45, 7) is 0.674. The molecule has 0 saturated heterocycles. The molecule has 0 aliphatic heterocycles. The van der Waals surface area contributed by atoms with Crippen LogP contribution in [0.25, 0.3) is 73.4 Å². The molecule has 4 nitrogen and oxygen atoms in total. The van der Waals surface area contributed by atoms with Crippen LogP contribution in [0.4, 0.5) is 0 Å². The number of rotatable bonds is 8. The molecule has 51 heavy (non-hydrogen) atoms. The summed E-state index contributed by atoms with van der Waals surface area (Å²) in [4.78, 5) is 0. The fourth-order valence-corrected chi connectivity index (χ4v) is 9.92. The van der Waals surface area contributed by atoms with Crippen LogP contribution < -0.4 is 16.4 Å². The Morgan fingerprint density at radius 1 is 0.588 bits per heavy atom. The third-order valence-corrected chi connectivity index (χ3v) is 12.4. The van der Waals surface area contributed by atoms with Gasteiger partial charge in [-0.3, -0.25) is 10.6 Å². The van der Waals surface area contributed by atoms with Crippen LogP contribution in [0.3, 0.4) is 0 Å². The summed E-state index contributed by atoms with van der Waals surface area (Å²) in [7, 11) is 0. The van der Waals surface area contributed by atoms with Crippen molar-refractivity contribution in [3.63, 3.8) is 0 Å². The van der Waals surface area contributed by atoms with Gasteiger partial charge in [0.2, 0.25) is 0 Å². The molecule has 246 valence electrons. The van der Waals surface area contributed by atoms with Gasteiger partial charge in [0.1, 0.15) is 11.2 Å². The van der Waals surface area contributed by atoms with Crippen LogP contribution in [0.2, 0.25) is 0 Å². The molecule has 7 aromatic carbocycles. The smallest absolute Gasteiger partial charge is 0.143 e. The number of fused-ring (bicyclic) bond motifs is 9. The fourth-order valence-electron chi connectivity index (χ4n) is 7.59. The van der Waals surface area contributed by atoms with E-state index in [2.05, 4.69) is 132 Å². The number of hydrogen-bond acceptors (Lipinski definition) is 6. The molecular weight excluding hydrogens is 663 g/mol. The van der Waals surface area contributed by atoms with E-state index in [0.29, 0.717) is 6.54 Å². The van der Waals surface area contributed by atoms with Crippen LogP contribution >= 0.6 is 22.7 Å². The molecule has 0 aliphatic rings. The highest BCUT2D eigenvalue weighted by atomic mass is 32.1. The Kier molecular flexibility index (Phi) is 7.45. The lowest BCUT2D eigenvalue weighted by Gasteiger charge is -2.26. The van der Waals surface area contributed by atoms with E-state index < -0.39 is 0 Å². The molecule has 0 fully saturated rings. The first-order valence-corrected chi connectivity index (χ1v) is 18.9. The molecule has 2 unspecified atom stereocenters. The Hall–Kier alpha value is -5.34. The monoisotopic (exact) mass is 695 g/mol. The zero-order valence-corrected chi connectivity index (χ0v) is 29.2. The zero-order valence-electron chi connectivity index (χ0n) is 27.6. The summed E-state index contributed by atoms with van der Waals surface area (Å²) in [6, 6.07) is 53.8. The normalized spacial score (nSPS) is 13.3. The van der Waals surface area contributed by atoms with Crippen LogP contribution in [0, 0.1) is 0 Å². The van der Waals surface area contributed by atoms with Gasteiger partial charge in [0.05, 0.1) is 12.3 Å². The van der Waals surface area contributed by atoms with E-state index in [0.717, 1.165) is 38.6 Å². The van der Waals surface area contributed by atoms with E-state index in [1.165, 1.54) is 51.5 Å². The van der Waals surface area contributed by atoms with Crippen LogP contribution in [0.15, 0.2) is 156 Å². The van der Waals surface area contributed by atoms with E-state index in [1.807, 2.05) is 53.0 Å². The largest absolute Gasteiger partial charge is 0.455 e. The number of thiophene rings is 2. The predicted molar refractivity (Wildman–Crippen MR) is 217 cm³/mol. The maximum atomic E-state index is 6.84. The van der Waals surface area contributed by atoms with Gasteiger partial charge in [0.25, 0.3) is 0 Å². The first kappa shape index (κ1) is 30.5. The Balaban J connectivity index is 1.04. The lowest BCUT2D eigenvalue weighted by atomic mass is 10.00. The number of nitrogens with one attached hydrogen (secondary N) is 2. The first-order chi connectivity index (χ1) is 25.2. The molecule has 10 aromatic rings. The van der Waals surface area contributed by atoms with Crippen molar-refractivity contribution in [2.24, 2.45) is 5.73 Å². The van der Waals surface area contributed by atoms with E-state index >= 15 is 0 Å². The van der Waals surface area contributed by atoms with Crippen molar-refractivity contribution < 1.29 is 4.42 Å². The molecule has 4 N–H and O–H groups in total. The maximum Gasteiger partial charge on any atom is 0.143 e. The molecule has 0 aliphatic carbocycles. The van der Waals surface area contributed by atoms with E-state index in [9.17, 15) is 0 Å². The van der Waals surface area contributed by atoms with Crippen molar-refractivity contribution in [2.75, 3.05) is 0 Å². The fraction of sp³-hybridized carbons (Fsp3) is 0.0667. The molecule has 0 saturated carbocycles. The van der Waals surface area contributed by atoms with Crippen molar-refractivity contribution in [1.29, 1.82) is 0 Å². The van der Waals surface area contributed by atoms with E-state index in [-0.39, 0.29) is 12.3 Å². The molecule has 0 spiro atoms. The Morgan fingerprint density at radius 2 is 1.31 bits per heavy atom. The predicted octanol–water partition coefficient (Wildman–Crippen LogP) is 12.0. The van der Waals surface area contributed by atoms with Gasteiger partial charge < -0.3 is 10.2 Å². The molecule has 0 bridgehead atoms. The molecular formula is C45H33N3OS2. The average molecular weight is 696 g/mol. The van der Waals surface area contributed by atoms with E-state index in [1.54, 1.807) is 0 Å². The topological polar surface area (TPSA) is 63.2 Å². The second kappa shape index (κ2) is 12.5. The minimum Gasteiger partial charge on any atom is -0.455 e. The van der Waals surface area contributed by atoms with Gasteiger partial charge in [0, 0.05) is 63.2 Å². The minimum absolute atomic E-state index is 0.192. The van der Waals surface area contributed by atoms with E-state index in [4.69, 9.17) is 10.2 Å². The van der Waals surface area contributed by atoms with Crippen LogP contribution in [0.1, 0.15) is 29.0 Å². The maximum absolute atomic E-state index is 6.84. The Bertz CT molecular complexity index is 2890. The average Bonchev–Trinajstić information content (AvgIpc) is 3.88. The molecule has 3 heterocycles. The molecule has 6 heteroatoms. The second-order valence-electron chi connectivity index (χ2n) is 13.1. The number of nitrogens with two attached hydrogens (primary N) is 1. The summed E-state index contributed by atoms with van der Waals surface area (Å²) in [5, 5.41) is 15.0. The highest BCUT2D eigenvalue weighted by Gasteiger charge is 2.21. The third kappa shape index (κ3) is 5.23. The molecule has 3 aromatic heterocycles. The quantitative estimate of drug-likeness (QED) is 0.138. The summed E-state index contributed by atoms with van der Waals surface area (Å²) >= 11 is 3.69. The molecule has 0 amide bonds. The lowest BCUT2D eigenvalue weighted by Crippen LogP contribution is -2.39. The SMILES string of the molecule is NC(NC(NCc1cccc2c1sc1ccc(-c3cccc4c3oc3ccccc34)cc12)c1cccc2sc3ccccc3c12)c1ccccc1. The zero-order chi connectivity index (χ0) is 33.9. The van der Waals surface area contributed by atoms with Gasteiger partial charge in [0.15, 0.2) is 0 Å². The summed E-state index contributed by atoms with van der Waals surface area (Å²) in [6.07, 6.45) is -0.541. The summed E-state index contributed by atoms with van der Waals surface area (Å²) in [5.74, 6) is 0. The summed E-state index contributed by atoms with van der Waals surface area (Å²) < 4.78 is 11.5. The minimum atomic E-state index is -0.349. The van der Waals surface area contributed by atoms with Crippen molar-refractivity contribution in [1.82, 2.24) is 10.6 Å². The highest BCUT2D eigenvalue weighted by Crippen LogP contribution is 2.42. The van der Waals surface area contributed by atoms with Crippen LogP contribution in [-0.4, -0.2) is 0 Å². The van der Waals surface area contributed by atoms with Crippen molar-refractivity contribution >= 4 is 85.0 Å². The third-order valence-electron chi connectivity index (χ3n) is 10.0. The van der Waals surface area contributed by atoms with Crippen molar-refractivity contribution in [3.05, 3.63) is 168 Å². The highest BCUT2D eigenvalue weighted by molar-refractivity contribution is 7.26. The number of benzene rings is 7. The second-order valence-corrected chi connectivity index (χ2v) is 15.2. The Labute approximate surface area is 302 Å². The van der Waals surface area contributed by atoms with Gasteiger partial charge >= 0.3 is 0 Å². The van der Waals surface area contributed by atoms with Gasteiger partial charge in [-0.15, -0.1) is 22.7 Å². The van der Waals surface area contributed by atoms with Crippen LogP contribution in [0.5, 0.6) is 0 Å². The lowest BCUT2D eigenvalue weighted by molar-refractivity contribution is 0.388. The Morgan fingerprint density at radius 3 is 2.24 bits per heavy atom. The van der Waals surface area contributed by atoms with Crippen molar-refractivity contribution in [2.45, 2.75) is 18.9 Å². The number of furan rings is 1. The summed E-state index contributed by atoms with van der Waals surface area (Å²) in [5.41, 5.74) is 14.5. The number of hydrogen-bond donors (Lipinski definition) is 3. The standard InChI is InChI=1S/C45H33N3OS2/c46-44(27-11-2-1-3-12-27)48-45(35-19-10-22-40-41(35)34-15-5-7-21-38(34)50-40)47-26-29-13-8-18-33-36-25-28(23-24-39(36)51-43(29)33)30-16-9-17-32-31-14-4-6-20-37(31)49-42(30)32/h1-25,44-45,47-48H,26,46H2. The van der Waals surface area contributed by atoms with Gasteiger partial charge in [-0.05, 0) is 52.6 Å². The molecule has 0 radical (unpaired) electrons. The van der Waals surface area contributed by atoms with Crippen LogP contribution in [-0.2, 0) is 6.54 Å². The molecule has 2 atom stereocenters.